The molecule has 0 radical (unpaired) electrons. The first-order valence-electron chi connectivity index (χ1n) is 9.11. The van der Waals surface area contributed by atoms with Crippen molar-refractivity contribution in [1.29, 1.82) is 0 Å². The van der Waals surface area contributed by atoms with Gasteiger partial charge < -0.3 is 0 Å². The molecule has 2 saturated carbocycles. The Morgan fingerprint density at radius 1 is 0.957 bits per heavy atom. The predicted molar refractivity (Wildman–Crippen MR) is 92.7 cm³/mol. The molecular formula is C21H28O2. The normalized spacial score (nSPS) is 26.0. The summed E-state index contributed by atoms with van der Waals surface area (Å²) in [7, 11) is 0. The van der Waals surface area contributed by atoms with Gasteiger partial charge in [0, 0.05) is 12.3 Å². The number of Topliss-reactive ketones (excluding diaryl/α,β-unsaturated/α-hetero) is 2. The Kier molecular flexibility index (Phi) is 4.70. The highest BCUT2D eigenvalue weighted by molar-refractivity contribution is 6.14. The maximum atomic E-state index is 13.0. The molecule has 0 aliphatic heterocycles. The third-order valence-electron chi connectivity index (χ3n) is 5.83. The van der Waals surface area contributed by atoms with Gasteiger partial charge in [0.25, 0.3) is 0 Å². The zero-order chi connectivity index (χ0) is 16.6. The topological polar surface area (TPSA) is 34.1 Å². The van der Waals surface area contributed by atoms with Crippen LogP contribution in [0.1, 0.15) is 73.1 Å². The Balaban J connectivity index is 1.81. The zero-order valence-electron chi connectivity index (χ0n) is 14.7. The standard InChI is InChI=1S/C21H28O2/c1-13-9-14(2)19(15(3)10-13)20-18(22)12-17(21(20)23)11-16-7-5-4-6-8-16/h9-10,16-17,20H,4-8,11-12H2,1-3H3. The zero-order valence-corrected chi connectivity index (χ0v) is 14.7. The lowest BCUT2D eigenvalue weighted by molar-refractivity contribution is -0.125. The summed E-state index contributed by atoms with van der Waals surface area (Å²) in [5.41, 5.74) is 4.36. The highest BCUT2D eigenvalue weighted by atomic mass is 16.2. The van der Waals surface area contributed by atoms with Gasteiger partial charge in [-0.3, -0.25) is 9.59 Å². The number of rotatable bonds is 3. The number of ketones is 2. The first-order chi connectivity index (χ1) is 11.0. The van der Waals surface area contributed by atoms with Crippen molar-refractivity contribution in [2.24, 2.45) is 11.8 Å². The molecule has 2 nitrogen and oxygen atoms in total. The highest BCUT2D eigenvalue weighted by Gasteiger charge is 2.43. The lowest BCUT2D eigenvalue weighted by Crippen LogP contribution is -2.20. The van der Waals surface area contributed by atoms with E-state index in [2.05, 4.69) is 19.1 Å². The van der Waals surface area contributed by atoms with Crippen LogP contribution in [0.4, 0.5) is 0 Å². The van der Waals surface area contributed by atoms with E-state index in [1.807, 2.05) is 13.8 Å². The van der Waals surface area contributed by atoms with E-state index < -0.39 is 5.92 Å². The van der Waals surface area contributed by atoms with Gasteiger partial charge >= 0.3 is 0 Å². The molecule has 0 N–H and O–H groups in total. The summed E-state index contributed by atoms with van der Waals surface area (Å²) in [4.78, 5) is 25.6. The number of hydrogen-bond acceptors (Lipinski definition) is 2. The largest absolute Gasteiger partial charge is 0.298 e. The second-order valence-corrected chi connectivity index (χ2v) is 7.75. The Labute approximate surface area is 139 Å². The molecule has 0 spiro atoms. The smallest absolute Gasteiger partial charge is 0.151 e. The molecule has 1 aromatic rings. The van der Waals surface area contributed by atoms with Crippen LogP contribution in [0.25, 0.3) is 0 Å². The SMILES string of the molecule is Cc1cc(C)c(C2C(=O)CC(CC3CCCCC3)C2=O)c(C)c1. The first kappa shape index (κ1) is 16.4. The summed E-state index contributed by atoms with van der Waals surface area (Å²) >= 11 is 0. The number of carbonyl (C=O) groups excluding carboxylic acids is 2. The van der Waals surface area contributed by atoms with Crippen molar-refractivity contribution in [2.75, 3.05) is 0 Å². The molecule has 0 bridgehead atoms. The predicted octanol–water partition coefficient (Wildman–Crippen LogP) is 4.82. The van der Waals surface area contributed by atoms with Crippen molar-refractivity contribution in [2.45, 2.75) is 71.6 Å². The van der Waals surface area contributed by atoms with Crippen LogP contribution in [0.5, 0.6) is 0 Å². The second kappa shape index (κ2) is 6.59. The van der Waals surface area contributed by atoms with Crippen LogP contribution in [0.15, 0.2) is 12.1 Å². The molecule has 0 amide bonds. The summed E-state index contributed by atoms with van der Waals surface area (Å²) in [5, 5.41) is 0. The van der Waals surface area contributed by atoms with Crippen molar-refractivity contribution >= 4 is 11.6 Å². The molecule has 124 valence electrons. The third-order valence-corrected chi connectivity index (χ3v) is 5.83. The summed E-state index contributed by atoms with van der Waals surface area (Å²) in [6, 6.07) is 4.19. The maximum Gasteiger partial charge on any atom is 0.151 e. The average Bonchev–Trinajstić information content (AvgIpc) is 2.75. The molecule has 2 unspecified atom stereocenters. The van der Waals surface area contributed by atoms with Gasteiger partial charge in [-0.05, 0) is 49.8 Å². The molecule has 2 aliphatic carbocycles. The molecule has 0 aromatic heterocycles. The third kappa shape index (κ3) is 3.27. The van der Waals surface area contributed by atoms with Crippen molar-refractivity contribution in [3.8, 4) is 0 Å². The highest BCUT2D eigenvalue weighted by Crippen LogP contribution is 2.40. The summed E-state index contributed by atoms with van der Waals surface area (Å²) in [6.45, 7) is 6.13. The lowest BCUT2D eigenvalue weighted by atomic mass is 9.81. The van der Waals surface area contributed by atoms with E-state index in [0.717, 1.165) is 23.1 Å². The van der Waals surface area contributed by atoms with Crippen LogP contribution in [-0.2, 0) is 9.59 Å². The van der Waals surface area contributed by atoms with E-state index >= 15 is 0 Å². The van der Waals surface area contributed by atoms with Gasteiger partial charge in [0.05, 0.1) is 0 Å². The van der Waals surface area contributed by atoms with Crippen molar-refractivity contribution in [3.63, 3.8) is 0 Å². The molecule has 2 atom stereocenters. The van der Waals surface area contributed by atoms with Crippen LogP contribution < -0.4 is 0 Å². The van der Waals surface area contributed by atoms with E-state index in [0.29, 0.717) is 12.3 Å². The van der Waals surface area contributed by atoms with Gasteiger partial charge in [0.2, 0.25) is 0 Å². The van der Waals surface area contributed by atoms with Gasteiger partial charge in [0.1, 0.15) is 11.7 Å². The summed E-state index contributed by atoms with van der Waals surface area (Å²) in [5.74, 6) is 0.464. The van der Waals surface area contributed by atoms with Crippen molar-refractivity contribution in [3.05, 3.63) is 34.4 Å². The Morgan fingerprint density at radius 3 is 2.17 bits per heavy atom. The quantitative estimate of drug-likeness (QED) is 0.750. The van der Waals surface area contributed by atoms with Crippen molar-refractivity contribution in [1.82, 2.24) is 0 Å². The number of aryl methyl sites for hydroxylation is 3. The van der Waals surface area contributed by atoms with Gasteiger partial charge in [0.15, 0.2) is 5.78 Å². The molecule has 2 fully saturated rings. The van der Waals surface area contributed by atoms with E-state index in [1.54, 1.807) is 0 Å². The minimum Gasteiger partial charge on any atom is -0.298 e. The van der Waals surface area contributed by atoms with Gasteiger partial charge in [-0.1, -0.05) is 49.8 Å². The Bertz CT molecular complexity index is 600. The minimum atomic E-state index is -0.496. The van der Waals surface area contributed by atoms with E-state index in [4.69, 9.17) is 0 Å². The minimum absolute atomic E-state index is 0.0318. The van der Waals surface area contributed by atoms with Crippen molar-refractivity contribution < 1.29 is 9.59 Å². The van der Waals surface area contributed by atoms with Gasteiger partial charge in [-0.25, -0.2) is 0 Å². The van der Waals surface area contributed by atoms with E-state index in [9.17, 15) is 9.59 Å². The molecule has 23 heavy (non-hydrogen) atoms. The molecule has 0 saturated heterocycles. The number of benzene rings is 1. The van der Waals surface area contributed by atoms with Crippen LogP contribution in [0.2, 0.25) is 0 Å². The van der Waals surface area contributed by atoms with Gasteiger partial charge in [-0.15, -0.1) is 0 Å². The van der Waals surface area contributed by atoms with Crippen LogP contribution in [0.3, 0.4) is 0 Å². The molecule has 0 heterocycles. The molecule has 3 rings (SSSR count). The Morgan fingerprint density at radius 2 is 1.57 bits per heavy atom. The fourth-order valence-electron chi connectivity index (χ4n) is 4.83. The monoisotopic (exact) mass is 312 g/mol. The van der Waals surface area contributed by atoms with Crippen LogP contribution >= 0.6 is 0 Å². The second-order valence-electron chi connectivity index (χ2n) is 7.75. The van der Waals surface area contributed by atoms with E-state index in [-0.39, 0.29) is 17.5 Å². The Hall–Kier alpha value is -1.44. The van der Waals surface area contributed by atoms with Crippen LogP contribution in [0, 0.1) is 32.6 Å². The van der Waals surface area contributed by atoms with Gasteiger partial charge in [-0.2, -0.15) is 0 Å². The number of carbonyl (C=O) groups is 2. The van der Waals surface area contributed by atoms with E-state index in [1.165, 1.54) is 37.7 Å². The molecule has 1 aromatic carbocycles. The van der Waals surface area contributed by atoms with Crippen LogP contribution in [-0.4, -0.2) is 11.6 Å². The average molecular weight is 312 g/mol. The molecular weight excluding hydrogens is 284 g/mol. The molecule has 2 heteroatoms. The fourth-order valence-corrected chi connectivity index (χ4v) is 4.83. The summed E-state index contributed by atoms with van der Waals surface area (Å²) in [6.07, 6.45) is 7.80. The molecule has 2 aliphatic rings. The fraction of sp³-hybridized carbons (Fsp3) is 0.619. The maximum absolute atomic E-state index is 13.0. The summed E-state index contributed by atoms with van der Waals surface area (Å²) < 4.78 is 0. The first-order valence-corrected chi connectivity index (χ1v) is 9.11. The number of hydrogen-bond donors (Lipinski definition) is 0. The lowest BCUT2D eigenvalue weighted by Gasteiger charge is -2.24.